The summed E-state index contributed by atoms with van der Waals surface area (Å²) in [6.07, 6.45) is 0.0740. The molecule has 0 atom stereocenters. The van der Waals surface area contributed by atoms with E-state index in [0.29, 0.717) is 16.7 Å². The van der Waals surface area contributed by atoms with Gasteiger partial charge in [-0.25, -0.2) is 8.78 Å². The van der Waals surface area contributed by atoms with Gasteiger partial charge in [0.1, 0.15) is 17.2 Å². The Labute approximate surface area is 161 Å². The second-order valence-corrected chi connectivity index (χ2v) is 8.16. The van der Waals surface area contributed by atoms with Crippen molar-refractivity contribution in [3.63, 3.8) is 0 Å². The first-order valence-electron chi connectivity index (χ1n) is 7.54. The van der Waals surface area contributed by atoms with E-state index in [1.807, 2.05) is 18.2 Å². The molecule has 1 fully saturated rings. The van der Waals surface area contributed by atoms with Crippen molar-refractivity contribution in [1.29, 1.82) is 0 Å². The third-order valence-corrected chi connectivity index (χ3v) is 4.94. The van der Waals surface area contributed by atoms with Gasteiger partial charge in [0.2, 0.25) is 0 Å². The minimum atomic E-state index is -0.857. The Morgan fingerprint density at radius 1 is 0.960 bits per heavy atom. The van der Waals surface area contributed by atoms with E-state index in [1.54, 1.807) is 13.8 Å². The molecule has 0 aliphatic carbocycles. The first-order valence-corrected chi connectivity index (χ1v) is 9.13. The van der Waals surface area contributed by atoms with Crippen molar-refractivity contribution in [3.8, 4) is 0 Å². The number of carbonyl (C=O) groups excluding carboxylic acids is 1. The fraction of sp³-hybridized carbons (Fsp3) is 0.211. The van der Waals surface area contributed by atoms with Gasteiger partial charge in [-0.3, -0.25) is 4.79 Å². The zero-order valence-corrected chi connectivity index (χ0v) is 16.7. The summed E-state index contributed by atoms with van der Waals surface area (Å²) in [4.78, 5) is 11.9. The van der Waals surface area contributed by atoms with Gasteiger partial charge in [0.25, 0.3) is 0 Å². The predicted octanol–water partition coefficient (Wildman–Crippen LogP) is 6.02. The van der Waals surface area contributed by atoms with E-state index in [9.17, 15) is 13.6 Å². The number of ether oxygens (including phenoxy) is 1. The van der Waals surface area contributed by atoms with Crippen LogP contribution < -0.4 is 0 Å². The average molecular weight is 472 g/mol. The van der Waals surface area contributed by atoms with Gasteiger partial charge in [-0.05, 0) is 66.5 Å². The molecule has 2 aromatic carbocycles. The third kappa shape index (κ3) is 3.85. The molecule has 0 N–H and O–H groups in total. The van der Waals surface area contributed by atoms with Crippen LogP contribution in [0.15, 0.2) is 50.9 Å². The summed E-state index contributed by atoms with van der Waals surface area (Å²) in [6.45, 7) is 3.55. The SMILES string of the molecule is CC1(C)OC(=O)C/C1=C(\c1cc(F)cc(F)c1)c1cc(Br)cc(Br)c1. The fourth-order valence-corrected chi connectivity index (χ4v) is 4.33. The van der Waals surface area contributed by atoms with Crippen LogP contribution in [0.25, 0.3) is 5.57 Å². The van der Waals surface area contributed by atoms with Crippen molar-refractivity contribution in [2.45, 2.75) is 25.9 Å². The molecule has 1 saturated heterocycles. The Balaban J connectivity index is 2.35. The molecule has 2 aromatic rings. The Bertz CT molecular complexity index is 810. The summed E-state index contributed by atoms with van der Waals surface area (Å²) in [6, 6.07) is 8.89. The molecule has 0 spiro atoms. The van der Waals surface area contributed by atoms with Gasteiger partial charge in [0.05, 0.1) is 6.42 Å². The van der Waals surface area contributed by atoms with E-state index < -0.39 is 17.2 Å². The number of hydrogen-bond acceptors (Lipinski definition) is 2. The molecule has 0 aromatic heterocycles. The first-order chi connectivity index (χ1) is 11.7. The third-order valence-electron chi connectivity index (χ3n) is 4.02. The molecule has 0 saturated carbocycles. The van der Waals surface area contributed by atoms with Crippen molar-refractivity contribution in [3.05, 3.63) is 73.7 Å². The van der Waals surface area contributed by atoms with Crippen molar-refractivity contribution >= 4 is 43.4 Å². The van der Waals surface area contributed by atoms with Crippen LogP contribution in [0.2, 0.25) is 0 Å². The largest absolute Gasteiger partial charge is 0.455 e. The highest BCUT2D eigenvalue weighted by atomic mass is 79.9. The minimum absolute atomic E-state index is 0.0740. The molecule has 2 nitrogen and oxygen atoms in total. The van der Waals surface area contributed by atoms with Gasteiger partial charge in [0, 0.05) is 15.0 Å². The van der Waals surface area contributed by atoms with Gasteiger partial charge in [-0.1, -0.05) is 31.9 Å². The maximum atomic E-state index is 13.8. The van der Waals surface area contributed by atoms with Gasteiger partial charge in [-0.2, -0.15) is 0 Å². The lowest BCUT2D eigenvalue weighted by atomic mass is 9.85. The zero-order chi connectivity index (χ0) is 18.4. The van der Waals surface area contributed by atoms with Gasteiger partial charge >= 0.3 is 5.97 Å². The number of rotatable bonds is 2. The predicted molar refractivity (Wildman–Crippen MR) is 99.0 cm³/mol. The van der Waals surface area contributed by atoms with Crippen LogP contribution >= 0.6 is 31.9 Å². The highest BCUT2D eigenvalue weighted by Gasteiger charge is 2.39. The van der Waals surface area contributed by atoms with E-state index in [1.165, 1.54) is 12.1 Å². The lowest BCUT2D eigenvalue weighted by Gasteiger charge is -2.23. The van der Waals surface area contributed by atoms with Crippen LogP contribution in [0.3, 0.4) is 0 Å². The average Bonchev–Trinajstić information content (AvgIpc) is 2.70. The smallest absolute Gasteiger partial charge is 0.310 e. The van der Waals surface area contributed by atoms with E-state index in [0.717, 1.165) is 20.6 Å². The van der Waals surface area contributed by atoms with Crippen molar-refractivity contribution in [2.75, 3.05) is 0 Å². The maximum Gasteiger partial charge on any atom is 0.310 e. The Morgan fingerprint density at radius 2 is 1.48 bits per heavy atom. The molecule has 130 valence electrons. The van der Waals surface area contributed by atoms with Crippen LogP contribution in [0.1, 0.15) is 31.4 Å². The van der Waals surface area contributed by atoms with Crippen LogP contribution in [-0.4, -0.2) is 11.6 Å². The molecule has 1 aliphatic rings. The molecule has 1 aliphatic heterocycles. The zero-order valence-electron chi connectivity index (χ0n) is 13.5. The summed E-state index contributed by atoms with van der Waals surface area (Å²) in [7, 11) is 0. The highest BCUT2D eigenvalue weighted by Crippen LogP contribution is 2.41. The summed E-state index contributed by atoms with van der Waals surface area (Å²) < 4.78 is 34.7. The maximum absolute atomic E-state index is 13.8. The molecular weight excluding hydrogens is 458 g/mol. The number of esters is 1. The van der Waals surface area contributed by atoms with Crippen LogP contribution in [0, 0.1) is 11.6 Å². The van der Waals surface area contributed by atoms with Crippen LogP contribution in [0.5, 0.6) is 0 Å². The van der Waals surface area contributed by atoms with Crippen LogP contribution in [-0.2, 0) is 9.53 Å². The lowest BCUT2D eigenvalue weighted by molar-refractivity contribution is -0.145. The van der Waals surface area contributed by atoms with Gasteiger partial charge in [0.15, 0.2) is 0 Å². The molecule has 0 amide bonds. The van der Waals surface area contributed by atoms with Crippen LogP contribution in [0.4, 0.5) is 8.78 Å². The minimum Gasteiger partial charge on any atom is -0.455 e. The molecule has 0 unspecified atom stereocenters. The number of benzene rings is 2. The summed E-state index contributed by atoms with van der Waals surface area (Å²) in [5.74, 6) is -1.71. The second kappa shape index (κ2) is 6.65. The van der Waals surface area contributed by atoms with Gasteiger partial charge < -0.3 is 4.74 Å². The second-order valence-electron chi connectivity index (χ2n) is 6.33. The first kappa shape index (κ1) is 18.3. The van der Waals surface area contributed by atoms with Crippen molar-refractivity contribution < 1.29 is 18.3 Å². The molecule has 0 bridgehead atoms. The van der Waals surface area contributed by atoms with E-state index in [4.69, 9.17) is 4.74 Å². The molecule has 1 heterocycles. The molecule has 6 heteroatoms. The number of halogens is 4. The standard InChI is InChI=1S/C19H14Br2F2O2/c1-19(2)16(9-17(24)25-19)18(10-3-12(20)7-13(21)4-10)11-5-14(22)8-15(23)6-11/h3-8H,9H2,1-2H3/b18-16+. The Hall–Kier alpha value is -1.53. The Morgan fingerprint density at radius 3 is 1.96 bits per heavy atom. The molecular formula is C19H14Br2F2O2. The number of carbonyl (C=O) groups is 1. The van der Waals surface area contributed by atoms with E-state index in [2.05, 4.69) is 31.9 Å². The molecule has 25 heavy (non-hydrogen) atoms. The topological polar surface area (TPSA) is 26.3 Å². The quantitative estimate of drug-likeness (QED) is 0.501. The summed E-state index contributed by atoms with van der Waals surface area (Å²) in [5.41, 5.74) is 1.52. The molecule has 3 rings (SSSR count). The van der Waals surface area contributed by atoms with Gasteiger partial charge in [-0.15, -0.1) is 0 Å². The van der Waals surface area contributed by atoms with E-state index >= 15 is 0 Å². The fourth-order valence-electron chi connectivity index (χ4n) is 3.04. The van der Waals surface area contributed by atoms with Crippen molar-refractivity contribution in [1.82, 2.24) is 0 Å². The molecule has 0 radical (unpaired) electrons. The Kier molecular flexibility index (Phi) is 4.86. The summed E-state index contributed by atoms with van der Waals surface area (Å²) in [5, 5.41) is 0. The monoisotopic (exact) mass is 470 g/mol. The van der Waals surface area contributed by atoms with Crippen molar-refractivity contribution in [2.24, 2.45) is 0 Å². The number of cyclic esters (lactones) is 1. The summed E-state index contributed by atoms with van der Waals surface area (Å²) >= 11 is 6.87. The highest BCUT2D eigenvalue weighted by molar-refractivity contribution is 9.11. The number of hydrogen-bond donors (Lipinski definition) is 0. The van der Waals surface area contributed by atoms with E-state index in [-0.39, 0.29) is 12.4 Å². The normalized spacial score (nSPS) is 18.2. The lowest BCUT2D eigenvalue weighted by Crippen LogP contribution is -2.21.